The molecule has 112 valence electrons. The van der Waals surface area contributed by atoms with Gasteiger partial charge in [0.2, 0.25) is 0 Å². The van der Waals surface area contributed by atoms with Crippen molar-refractivity contribution in [1.82, 2.24) is 5.32 Å². The number of hydrogen-bond donors (Lipinski definition) is 1. The number of aryl methyl sites for hydroxylation is 2. The topological polar surface area (TPSA) is 30.5 Å². The van der Waals surface area contributed by atoms with E-state index in [9.17, 15) is 0 Å². The molecule has 3 nitrogen and oxygen atoms in total. The maximum absolute atomic E-state index is 5.57. The highest BCUT2D eigenvalue weighted by atomic mass is 16.5. The van der Waals surface area contributed by atoms with E-state index in [4.69, 9.17) is 9.47 Å². The normalized spacial score (nSPS) is 10.5. The highest BCUT2D eigenvalue weighted by Gasteiger charge is 2.12. The fraction of sp³-hybridized carbons (Fsp3) is 0.333. The summed E-state index contributed by atoms with van der Waals surface area (Å²) in [5.41, 5.74) is 5.85. The summed E-state index contributed by atoms with van der Waals surface area (Å²) in [5, 5.41) is 3.18. The first-order chi connectivity index (χ1) is 10.1. The number of benzene rings is 2. The van der Waals surface area contributed by atoms with Gasteiger partial charge < -0.3 is 14.8 Å². The fourth-order valence-electron chi connectivity index (χ4n) is 2.72. The molecule has 0 aliphatic carbocycles. The molecule has 0 fully saturated rings. The van der Waals surface area contributed by atoms with Gasteiger partial charge in [0.1, 0.15) is 11.5 Å². The van der Waals surface area contributed by atoms with Crippen LogP contribution in [0.2, 0.25) is 0 Å². The van der Waals surface area contributed by atoms with Crippen LogP contribution in [0, 0.1) is 13.8 Å². The van der Waals surface area contributed by atoms with Crippen LogP contribution in [-0.4, -0.2) is 21.3 Å². The second-order valence-electron chi connectivity index (χ2n) is 5.22. The van der Waals surface area contributed by atoms with Gasteiger partial charge in [-0.1, -0.05) is 12.1 Å². The Hall–Kier alpha value is -2.00. The third-order valence-electron chi connectivity index (χ3n) is 3.60. The molecule has 0 radical (unpaired) electrons. The molecule has 0 atom stereocenters. The van der Waals surface area contributed by atoms with E-state index in [-0.39, 0.29) is 0 Å². The molecule has 0 bridgehead atoms. The summed E-state index contributed by atoms with van der Waals surface area (Å²) >= 11 is 0. The summed E-state index contributed by atoms with van der Waals surface area (Å²) in [6.45, 7) is 4.97. The minimum absolute atomic E-state index is 0.768. The molecular weight excluding hydrogens is 262 g/mol. The zero-order chi connectivity index (χ0) is 15.4. The average Bonchev–Trinajstić information content (AvgIpc) is 2.46. The van der Waals surface area contributed by atoms with Crippen LogP contribution in [0.4, 0.5) is 0 Å². The lowest BCUT2D eigenvalue weighted by molar-refractivity contribution is 0.408. The minimum Gasteiger partial charge on any atom is -0.496 e. The smallest absolute Gasteiger partial charge is 0.127 e. The standard InChI is InChI=1S/C18H23NO2/c1-12-8-13(2)18(17(9-12)21-5)14-6-7-16(20-4)15(10-14)11-19-3/h6-10,19H,11H2,1-5H3. The molecule has 0 saturated carbocycles. The van der Waals surface area contributed by atoms with Crippen molar-refractivity contribution in [2.75, 3.05) is 21.3 Å². The van der Waals surface area contributed by atoms with Gasteiger partial charge in [0.25, 0.3) is 0 Å². The zero-order valence-electron chi connectivity index (χ0n) is 13.4. The Balaban J connectivity index is 2.59. The van der Waals surface area contributed by atoms with Crippen LogP contribution in [0.15, 0.2) is 30.3 Å². The molecule has 21 heavy (non-hydrogen) atoms. The van der Waals surface area contributed by atoms with E-state index in [2.05, 4.69) is 43.4 Å². The van der Waals surface area contributed by atoms with Crippen LogP contribution in [0.3, 0.4) is 0 Å². The van der Waals surface area contributed by atoms with Gasteiger partial charge in [-0.25, -0.2) is 0 Å². The van der Waals surface area contributed by atoms with Crippen LogP contribution < -0.4 is 14.8 Å². The van der Waals surface area contributed by atoms with E-state index >= 15 is 0 Å². The van der Waals surface area contributed by atoms with Gasteiger partial charge in [0.05, 0.1) is 14.2 Å². The first-order valence-corrected chi connectivity index (χ1v) is 7.07. The van der Waals surface area contributed by atoms with E-state index < -0.39 is 0 Å². The van der Waals surface area contributed by atoms with Crippen molar-refractivity contribution in [3.8, 4) is 22.6 Å². The molecule has 0 aliphatic rings. The van der Waals surface area contributed by atoms with E-state index in [0.29, 0.717) is 0 Å². The Morgan fingerprint density at radius 1 is 0.952 bits per heavy atom. The van der Waals surface area contributed by atoms with Crippen LogP contribution >= 0.6 is 0 Å². The monoisotopic (exact) mass is 285 g/mol. The molecule has 0 aliphatic heterocycles. The zero-order valence-corrected chi connectivity index (χ0v) is 13.4. The summed E-state index contributed by atoms with van der Waals surface area (Å²) in [5.74, 6) is 1.81. The van der Waals surface area contributed by atoms with Crippen LogP contribution in [0.25, 0.3) is 11.1 Å². The van der Waals surface area contributed by atoms with Crippen molar-refractivity contribution in [1.29, 1.82) is 0 Å². The number of nitrogens with one attached hydrogen (secondary N) is 1. The van der Waals surface area contributed by atoms with E-state index in [1.54, 1.807) is 14.2 Å². The van der Waals surface area contributed by atoms with Crippen molar-refractivity contribution in [3.05, 3.63) is 47.0 Å². The summed E-state index contributed by atoms with van der Waals surface area (Å²) in [7, 11) is 5.35. The molecule has 0 aromatic heterocycles. The predicted octanol–water partition coefficient (Wildman–Crippen LogP) is 3.71. The van der Waals surface area contributed by atoms with Crippen LogP contribution in [-0.2, 0) is 6.54 Å². The Morgan fingerprint density at radius 3 is 2.29 bits per heavy atom. The first-order valence-electron chi connectivity index (χ1n) is 7.07. The quantitative estimate of drug-likeness (QED) is 0.908. The third kappa shape index (κ3) is 3.19. The lowest BCUT2D eigenvalue weighted by atomic mass is 9.95. The number of methoxy groups -OCH3 is 2. The first kappa shape index (κ1) is 15.4. The molecule has 0 amide bonds. The Bertz CT molecular complexity index is 635. The van der Waals surface area contributed by atoms with Gasteiger partial charge in [-0.3, -0.25) is 0 Å². The molecule has 0 heterocycles. The maximum atomic E-state index is 5.57. The van der Waals surface area contributed by atoms with Crippen molar-refractivity contribution < 1.29 is 9.47 Å². The molecule has 0 saturated heterocycles. The third-order valence-corrected chi connectivity index (χ3v) is 3.60. The summed E-state index contributed by atoms with van der Waals surface area (Å²) in [4.78, 5) is 0. The SMILES string of the molecule is CNCc1cc(-c2c(C)cc(C)cc2OC)ccc1OC. The second-order valence-corrected chi connectivity index (χ2v) is 5.22. The lowest BCUT2D eigenvalue weighted by Gasteiger charge is -2.16. The molecule has 0 spiro atoms. The fourth-order valence-corrected chi connectivity index (χ4v) is 2.72. The molecule has 2 rings (SSSR count). The minimum atomic E-state index is 0.768. The van der Waals surface area contributed by atoms with Gasteiger partial charge in [-0.05, 0) is 55.8 Å². The van der Waals surface area contributed by atoms with Gasteiger partial charge in [-0.2, -0.15) is 0 Å². The Morgan fingerprint density at radius 2 is 1.67 bits per heavy atom. The molecular formula is C18H23NO2. The summed E-state index contributed by atoms with van der Waals surface area (Å²) in [6, 6.07) is 10.5. The Labute approximate surface area is 126 Å². The highest BCUT2D eigenvalue weighted by molar-refractivity contribution is 5.75. The molecule has 3 heteroatoms. The van der Waals surface area contributed by atoms with Crippen molar-refractivity contribution >= 4 is 0 Å². The lowest BCUT2D eigenvalue weighted by Crippen LogP contribution is -2.07. The van der Waals surface area contributed by atoms with Crippen LogP contribution in [0.1, 0.15) is 16.7 Å². The number of rotatable bonds is 5. The predicted molar refractivity (Wildman–Crippen MR) is 87.2 cm³/mol. The van der Waals surface area contributed by atoms with Crippen LogP contribution in [0.5, 0.6) is 11.5 Å². The van der Waals surface area contributed by atoms with E-state index in [1.807, 2.05) is 13.1 Å². The summed E-state index contributed by atoms with van der Waals surface area (Å²) < 4.78 is 11.0. The number of ether oxygens (including phenoxy) is 2. The largest absolute Gasteiger partial charge is 0.496 e. The van der Waals surface area contributed by atoms with Crippen molar-refractivity contribution in [2.45, 2.75) is 20.4 Å². The summed E-state index contributed by atoms with van der Waals surface area (Å²) in [6.07, 6.45) is 0. The van der Waals surface area contributed by atoms with Gasteiger partial charge in [-0.15, -0.1) is 0 Å². The Kier molecular flexibility index (Phi) is 4.86. The van der Waals surface area contributed by atoms with Gasteiger partial charge in [0, 0.05) is 17.7 Å². The molecule has 0 unspecified atom stereocenters. The molecule has 2 aromatic rings. The maximum Gasteiger partial charge on any atom is 0.127 e. The van der Waals surface area contributed by atoms with Crippen molar-refractivity contribution in [2.24, 2.45) is 0 Å². The van der Waals surface area contributed by atoms with Crippen molar-refractivity contribution in [3.63, 3.8) is 0 Å². The highest BCUT2D eigenvalue weighted by Crippen LogP contribution is 2.36. The van der Waals surface area contributed by atoms with E-state index in [0.717, 1.165) is 34.7 Å². The van der Waals surface area contributed by atoms with E-state index in [1.165, 1.54) is 11.1 Å². The average molecular weight is 285 g/mol. The number of hydrogen-bond acceptors (Lipinski definition) is 3. The van der Waals surface area contributed by atoms with Gasteiger partial charge in [0.15, 0.2) is 0 Å². The van der Waals surface area contributed by atoms with Gasteiger partial charge >= 0.3 is 0 Å². The molecule has 1 N–H and O–H groups in total. The second kappa shape index (κ2) is 6.64. The molecule has 2 aromatic carbocycles.